The molecule has 15 heteroatoms. The second kappa shape index (κ2) is 17.0. The number of aromatic nitrogens is 1. The minimum atomic E-state index is -0.547. The lowest BCUT2D eigenvalue weighted by atomic mass is 9.94. The standard InChI is InChI=1S/C37H39N7O6.2ClH/c1-41(2)21-17-39-35(46)27-13-15-30(32-33(27)40-29-14-12-24(44(49)50)22-28(29)34(32)45)38-16-6-18-42(3)19-7-20-43-36(47)25-10-4-8-23-9-5-11-26(31(23)25)37(43)48;;/h4-5,8-15,22,38H,6-7,16-21H2,1-3H3,(H,39,46)(H,40,45);2*1H. The Bertz CT molecular complexity index is 2170. The zero-order chi connectivity index (χ0) is 35.5. The fourth-order valence-electron chi connectivity index (χ4n) is 6.47. The van der Waals surface area contributed by atoms with Crippen molar-refractivity contribution in [1.82, 2.24) is 25.0 Å². The van der Waals surface area contributed by atoms with Crippen LogP contribution in [0.5, 0.6) is 0 Å². The Labute approximate surface area is 312 Å². The monoisotopic (exact) mass is 749 g/mol. The number of aromatic amines is 1. The van der Waals surface area contributed by atoms with Crippen LogP contribution in [0.2, 0.25) is 0 Å². The molecule has 0 bridgehead atoms. The number of anilines is 1. The first kappa shape index (κ1) is 39.7. The summed E-state index contributed by atoms with van der Waals surface area (Å²) in [6.45, 7) is 3.23. The number of H-pyrrole nitrogens is 1. The highest BCUT2D eigenvalue weighted by Gasteiger charge is 2.32. The molecule has 0 unspecified atom stereocenters. The van der Waals surface area contributed by atoms with E-state index in [-0.39, 0.29) is 59.0 Å². The summed E-state index contributed by atoms with van der Waals surface area (Å²) >= 11 is 0. The van der Waals surface area contributed by atoms with E-state index in [0.29, 0.717) is 90.9 Å². The van der Waals surface area contributed by atoms with Crippen molar-refractivity contribution in [3.8, 4) is 0 Å². The number of hydrogen-bond donors (Lipinski definition) is 3. The summed E-state index contributed by atoms with van der Waals surface area (Å²) in [6, 6.07) is 18.4. The normalized spacial score (nSPS) is 12.4. The fourth-order valence-corrected chi connectivity index (χ4v) is 6.47. The number of likely N-dealkylation sites (N-methyl/N-ethyl adjacent to an activating group) is 1. The van der Waals surface area contributed by atoms with Gasteiger partial charge in [-0.25, -0.2) is 0 Å². The van der Waals surface area contributed by atoms with Crippen LogP contribution in [0, 0.1) is 10.1 Å². The van der Waals surface area contributed by atoms with Crippen molar-refractivity contribution in [2.45, 2.75) is 12.8 Å². The molecule has 3 N–H and O–H groups in total. The van der Waals surface area contributed by atoms with E-state index < -0.39 is 10.4 Å². The lowest BCUT2D eigenvalue weighted by Gasteiger charge is -2.28. The minimum absolute atomic E-state index is 0. The van der Waals surface area contributed by atoms with Gasteiger partial charge in [0.1, 0.15) is 0 Å². The molecule has 0 radical (unpaired) electrons. The van der Waals surface area contributed by atoms with E-state index in [2.05, 4.69) is 20.5 Å². The number of nitro groups is 1. The highest BCUT2D eigenvalue weighted by molar-refractivity contribution is 6.25. The summed E-state index contributed by atoms with van der Waals surface area (Å²) < 4.78 is 0. The molecular formula is C37H41Cl2N7O6. The zero-order valence-corrected chi connectivity index (χ0v) is 30.7. The molecule has 4 aromatic carbocycles. The van der Waals surface area contributed by atoms with Gasteiger partial charge in [0.2, 0.25) is 0 Å². The molecular weight excluding hydrogens is 709 g/mol. The molecule has 0 atom stereocenters. The van der Waals surface area contributed by atoms with Gasteiger partial charge in [0.15, 0.2) is 5.43 Å². The van der Waals surface area contributed by atoms with E-state index in [1.54, 1.807) is 24.3 Å². The number of amides is 3. The van der Waals surface area contributed by atoms with Crippen molar-refractivity contribution in [1.29, 1.82) is 0 Å². The molecule has 52 heavy (non-hydrogen) atoms. The average Bonchev–Trinajstić information content (AvgIpc) is 3.10. The summed E-state index contributed by atoms with van der Waals surface area (Å²) in [7, 11) is 5.78. The molecule has 0 saturated carbocycles. The number of hydrogen-bond acceptors (Lipinski definition) is 9. The number of rotatable bonds is 14. The lowest BCUT2D eigenvalue weighted by Crippen LogP contribution is -2.41. The Kier molecular flexibility index (Phi) is 12.9. The molecule has 1 aliphatic rings. The number of carbonyl (C=O) groups is 3. The highest BCUT2D eigenvalue weighted by atomic mass is 35.5. The molecule has 6 rings (SSSR count). The quantitative estimate of drug-likeness (QED) is 0.0450. The first-order chi connectivity index (χ1) is 24.0. The van der Waals surface area contributed by atoms with Gasteiger partial charge in [0.05, 0.1) is 32.3 Å². The van der Waals surface area contributed by atoms with Gasteiger partial charge in [-0.3, -0.25) is 34.2 Å². The largest absolute Gasteiger partial charge is 0.384 e. The maximum atomic E-state index is 13.8. The van der Waals surface area contributed by atoms with Crippen molar-refractivity contribution >= 4 is 86.5 Å². The molecule has 2 heterocycles. The van der Waals surface area contributed by atoms with Gasteiger partial charge in [0, 0.05) is 60.5 Å². The van der Waals surface area contributed by atoms with Crippen molar-refractivity contribution < 1.29 is 19.3 Å². The Hall–Kier alpha value is -5.08. The maximum Gasteiger partial charge on any atom is 0.270 e. The average molecular weight is 751 g/mol. The molecule has 13 nitrogen and oxygen atoms in total. The second-order valence-corrected chi connectivity index (χ2v) is 12.8. The summed E-state index contributed by atoms with van der Waals surface area (Å²) in [5.41, 5.74) is 2.03. The Morgan fingerprint density at radius 2 is 1.52 bits per heavy atom. The Morgan fingerprint density at radius 1 is 0.846 bits per heavy atom. The van der Waals surface area contributed by atoms with Crippen LogP contribution in [-0.4, -0.2) is 103 Å². The van der Waals surface area contributed by atoms with Crippen molar-refractivity contribution in [2.75, 3.05) is 65.7 Å². The molecule has 0 saturated heterocycles. The molecule has 5 aromatic rings. The van der Waals surface area contributed by atoms with Crippen molar-refractivity contribution in [3.63, 3.8) is 0 Å². The number of nitrogens with zero attached hydrogens (tertiary/aromatic N) is 4. The van der Waals surface area contributed by atoms with Gasteiger partial charge in [0.25, 0.3) is 23.4 Å². The van der Waals surface area contributed by atoms with E-state index in [9.17, 15) is 29.3 Å². The number of pyridine rings is 1. The van der Waals surface area contributed by atoms with Crippen LogP contribution >= 0.6 is 24.8 Å². The summed E-state index contributed by atoms with van der Waals surface area (Å²) in [5, 5.41) is 19.7. The van der Waals surface area contributed by atoms with Crippen LogP contribution in [0.4, 0.5) is 11.4 Å². The predicted octanol–water partition coefficient (Wildman–Crippen LogP) is 5.30. The SMILES string of the molecule is CN(C)CCNC(=O)c1ccc(NCCCN(C)CCCN2C(=O)c3cccc4cccc(c34)C2=O)c2c(=O)c3cc([N+](=O)[O-])ccc3[nH]c12.Cl.Cl. The molecule has 274 valence electrons. The summed E-state index contributed by atoms with van der Waals surface area (Å²) in [5.74, 6) is -0.878. The van der Waals surface area contributed by atoms with Crippen LogP contribution in [0.1, 0.15) is 43.9 Å². The zero-order valence-electron chi connectivity index (χ0n) is 29.1. The molecule has 0 spiro atoms. The number of fused-ring (bicyclic) bond motifs is 2. The topological polar surface area (TPSA) is 161 Å². The molecule has 0 aliphatic carbocycles. The summed E-state index contributed by atoms with van der Waals surface area (Å²) in [6.07, 6.45) is 1.31. The Balaban J connectivity index is 0.00000302. The summed E-state index contributed by atoms with van der Waals surface area (Å²) in [4.78, 5) is 72.9. The lowest BCUT2D eigenvalue weighted by molar-refractivity contribution is -0.384. The van der Waals surface area contributed by atoms with E-state index in [1.807, 2.05) is 50.3 Å². The van der Waals surface area contributed by atoms with Gasteiger partial charge in [-0.05, 0) is 82.8 Å². The molecule has 0 fully saturated rings. The number of imide groups is 1. The van der Waals surface area contributed by atoms with Gasteiger partial charge in [-0.15, -0.1) is 24.8 Å². The van der Waals surface area contributed by atoms with Crippen LogP contribution in [-0.2, 0) is 0 Å². The smallest absolute Gasteiger partial charge is 0.270 e. The third kappa shape index (κ3) is 8.02. The van der Waals surface area contributed by atoms with Gasteiger partial charge < -0.3 is 25.4 Å². The maximum absolute atomic E-state index is 13.8. The van der Waals surface area contributed by atoms with E-state index >= 15 is 0 Å². The van der Waals surface area contributed by atoms with Gasteiger partial charge in [-0.2, -0.15) is 0 Å². The number of nitrogens with one attached hydrogen (secondary N) is 3. The number of benzene rings is 4. The number of non-ortho nitro benzene ring substituents is 1. The number of carbonyl (C=O) groups excluding carboxylic acids is 3. The van der Waals surface area contributed by atoms with E-state index in [1.165, 1.54) is 23.1 Å². The minimum Gasteiger partial charge on any atom is -0.384 e. The van der Waals surface area contributed by atoms with Crippen molar-refractivity contribution in [3.05, 3.63) is 104 Å². The third-order valence-corrected chi connectivity index (χ3v) is 9.05. The molecule has 3 amide bonds. The van der Waals surface area contributed by atoms with Crippen LogP contribution in [0.15, 0.2) is 71.5 Å². The molecule has 1 aromatic heterocycles. The first-order valence-corrected chi connectivity index (χ1v) is 16.6. The van der Waals surface area contributed by atoms with Gasteiger partial charge in [-0.1, -0.05) is 24.3 Å². The van der Waals surface area contributed by atoms with Gasteiger partial charge >= 0.3 is 0 Å². The Morgan fingerprint density at radius 3 is 2.17 bits per heavy atom. The highest BCUT2D eigenvalue weighted by Crippen LogP contribution is 2.30. The van der Waals surface area contributed by atoms with Crippen molar-refractivity contribution in [2.24, 2.45) is 0 Å². The van der Waals surface area contributed by atoms with Crippen LogP contribution < -0.4 is 16.1 Å². The second-order valence-electron chi connectivity index (χ2n) is 12.8. The van der Waals surface area contributed by atoms with Crippen LogP contribution in [0.3, 0.4) is 0 Å². The molecule has 1 aliphatic heterocycles. The van der Waals surface area contributed by atoms with E-state index in [0.717, 1.165) is 5.39 Å². The number of nitro benzene ring substituents is 1. The number of halogens is 2. The fraction of sp³-hybridized carbons (Fsp3) is 0.297. The van der Waals surface area contributed by atoms with Crippen LogP contribution in [0.25, 0.3) is 32.6 Å². The van der Waals surface area contributed by atoms with E-state index in [4.69, 9.17) is 0 Å². The third-order valence-electron chi connectivity index (χ3n) is 9.05. The predicted molar refractivity (Wildman–Crippen MR) is 209 cm³/mol. The first-order valence-electron chi connectivity index (χ1n) is 16.6.